The number of rotatable bonds is 4. The minimum absolute atomic E-state index is 0.175. The lowest BCUT2D eigenvalue weighted by molar-refractivity contribution is -0.155. The van der Waals surface area contributed by atoms with Crippen molar-refractivity contribution in [2.24, 2.45) is 5.92 Å². The number of amides is 1. The first-order valence-corrected chi connectivity index (χ1v) is 7.11. The quantitative estimate of drug-likeness (QED) is 0.617. The van der Waals surface area contributed by atoms with Crippen molar-refractivity contribution < 1.29 is 19.1 Å². The fourth-order valence-corrected chi connectivity index (χ4v) is 2.38. The normalized spacial score (nSPS) is 16.4. The molecule has 21 heavy (non-hydrogen) atoms. The SMILES string of the molecule is COC(=O)C(Cc1ccc(C)cc1)C(=O)N1CCOCC1. The lowest BCUT2D eigenvalue weighted by Gasteiger charge is -2.29. The predicted octanol–water partition coefficient (Wildman–Crippen LogP) is 1.19. The molecule has 1 fully saturated rings. The fraction of sp³-hybridized carbons (Fsp3) is 0.500. The molecule has 0 radical (unpaired) electrons. The first-order valence-electron chi connectivity index (χ1n) is 7.11. The van der Waals surface area contributed by atoms with Gasteiger partial charge >= 0.3 is 5.97 Å². The maximum Gasteiger partial charge on any atom is 0.318 e. The highest BCUT2D eigenvalue weighted by molar-refractivity contribution is 5.98. The Balaban J connectivity index is 2.11. The number of hydrogen-bond acceptors (Lipinski definition) is 4. The summed E-state index contributed by atoms with van der Waals surface area (Å²) in [4.78, 5) is 26.2. The van der Waals surface area contributed by atoms with Crippen molar-refractivity contribution in [3.8, 4) is 0 Å². The summed E-state index contributed by atoms with van der Waals surface area (Å²) in [5, 5.41) is 0. The van der Waals surface area contributed by atoms with Crippen LogP contribution in [0.25, 0.3) is 0 Å². The molecule has 5 nitrogen and oxygen atoms in total. The van der Waals surface area contributed by atoms with Gasteiger partial charge in [0.1, 0.15) is 5.92 Å². The van der Waals surface area contributed by atoms with E-state index in [1.165, 1.54) is 7.11 Å². The average Bonchev–Trinajstić information content (AvgIpc) is 2.54. The third kappa shape index (κ3) is 4.04. The van der Waals surface area contributed by atoms with Gasteiger partial charge in [0.25, 0.3) is 0 Å². The van der Waals surface area contributed by atoms with Gasteiger partial charge in [0.2, 0.25) is 5.91 Å². The second kappa shape index (κ2) is 7.22. The Morgan fingerprint density at radius 2 is 1.86 bits per heavy atom. The highest BCUT2D eigenvalue weighted by atomic mass is 16.5. The first-order chi connectivity index (χ1) is 10.1. The van der Waals surface area contributed by atoms with Gasteiger partial charge in [-0.3, -0.25) is 9.59 Å². The summed E-state index contributed by atoms with van der Waals surface area (Å²) in [6.07, 6.45) is 0.364. The number of ether oxygens (including phenoxy) is 2. The average molecular weight is 291 g/mol. The summed E-state index contributed by atoms with van der Waals surface area (Å²) in [6.45, 7) is 4.09. The molecule has 1 atom stereocenters. The first kappa shape index (κ1) is 15.5. The molecule has 0 aromatic heterocycles. The van der Waals surface area contributed by atoms with Crippen LogP contribution >= 0.6 is 0 Å². The van der Waals surface area contributed by atoms with Gasteiger partial charge in [0.05, 0.1) is 20.3 Å². The van der Waals surface area contributed by atoms with Gasteiger partial charge in [-0.25, -0.2) is 0 Å². The Labute approximate surface area is 124 Å². The maximum absolute atomic E-state index is 12.5. The number of hydrogen-bond donors (Lipinski definition) is 0. The van der Waals surface area contributed by atoms with Crippen LogP contribution in [0.5, 0.6) is 0 Å². The molecule has 2 rings (SSSR count). The van der Waals surface area contributed by atoms with E-state index < -0.39 is 11.9 Å². The van der Waals surface area contributed by atoms with Gasteiger partial charge in [-0.1, -0.05) is 29.8 Å². The van der Waals surface area contributed by atoms with Crippen LogP contribution in [0, 0.1) is 12.8 Å². The van der Waals surface area contributed by atoms with Crippen LogP contribution in [0.4, 0.5) is 0 Å². The van der Waals surface area contributed by atoms with Crippen molar-refractivity contribution in [2.75, 3.05) is 33.4 Å². The molecule has 0 saturated carbocycles. The van der Waals surface area contributed by atoms with E-state index in [0.29, 0.717) is 32.7 Å². The third-order valence-corrected chi connectivity index (χ3v) is 3.67. The zero-order chi connectivity index (χ0) is 15.2. The monoisotopic (exact) mass is 291 g/mol. The van der Waals surface area contributed by atoms with Crippen molar-refractivity contribution in [2.45, 2.75) is 13.3 Å². The Morgan fingerprint density at radius 3 is 2.43 bits per heavy atom. The molecule has 0 N–H and O–H groups in total. The number of aryl methyl sites for hydroxylation is 1. The number of methoxy groups -OCH3 is 1. The summed E-state index contributed by atoms with van der Waals surface area (Å²) in [7, 11) is 1.32. The van der Waals surface area contributed by atoms with Crippen molar-refractivity contribution in [3.63, 3.8) is 0 Å². The molecule has 1 aromatic carbocycles. The topological polar surface area (TPSA) is 55.8 Å². The number of nitrogens with zero attached hydrogens (tertiary/aromatic N) is 1. The van der Waals surface area contributed by atoms with Crippen molar-refractivity contribution >= 4 is 11.9 Å². The number of benzene rings is 1. The van der Waals surface area contributed by atoms with Crippen molar-refractivity contribution in [3.05, 3.63) is 35.4 Å². The number of carbonyl (C=O) groups excluding carboxylic acids is 2. The van der Waals surface area contributed by atoms with Crippen molar-refractivity contribution in [1.82, 2.24) is 4.90 Å². The lowest BCUT2D eigenvalue weighted by atomic mass is 9.97. The molecule has 114 valence electrons. The van der Waals surface area contributed by atoms with Crippen LogP contribution in [0.3, 0.4) is 0 Å². The molecule has 0 bridgehead atoms. The summed E-state index contributed by atoms with van der Waals surface area (Å²) in [5.74, 6) is -1.44. The largest absolute Gasteiger partial charge is 0.468 e. The second-order valence-corrected chi connectivity index (χ2v) is 5.20. The van der Waals surface area contributed by atoms with Gasteiger partial charge in [-0.2, -0.15) is 0 Å². The number of morpholine rings is 1. The molecule has 1 aliphatic heterocycles. The smallest absolute Gasteiger partial charge is 0.318 e. The lowest BCUT2D eigenvalue weighted by Crippen LogP contribution is -2.46. The van der Waals surface area contributed by atoms with Crippen molar-refractivity contribution in [1.29, 1.82) is 0 Å². The third-order valence-electron chi connectivity index (χ3n) is 3.67. The summed E-state index contributed by atoms with van der Waals surface area (Å²) >= 11 is 0. The van der Waals surface area contributed by atoms with Gasteiger partial charge in [-0.15, -0.1) is 0 Å². The molecule has 0 spiro atoms. The van der Waals surface area contributed by atoms with Gasteiger partial charge in [-0.05, 0) is 18.9 Å². The van der Waals surface area contributed by atoms with Crippen LogP contribution in [-0.2, 0) is 25.5 Å². The molecule has 0 aliphatic carbocycles. The van der Waals surface area contributed by atoms with Crippen LogP contribution < -0.4 is 0 Å². The van der Waals surface area contributed by atoms with E-state index in [0.717, 1.165) is 11.1 Å². The van der Waals surface area contributed by atoms with Gasteiger partial charge < -0.3 is 14.4 Å². The van der Waals surface area contributed by atoms with E-state index in [4.69, 9.17) is 9.47 Å². The van der Waals surface area contributed by atoms with Crippen LogP contribution in [-0.4, -0.2) is 50.2 Å². The molecule has 1 aromatic rings. The minimum Gasteiger partial charge on any atom is -0.468 e. The standard InChI is InChI=1S/C16H21NO4/c1-12-3-5-13(6-4-12)11-14(16(19)20-2)15(18)17-7-9-21-10-8-17/h3-6,14H,7-11H2,1-2H3. The zero-order valence-corrected chi connectivity index (χ0v) is 12.5. The summed E-state index contributed by atoms with van der Waals surface area (Å²) in [6, 6.07) is 7.83. The fourth-order valence-electron chi connectivity index (χ4n) is 2.38. The molecular weight excluding hydrogens is 270 g/mol. The van der Waals surface area contributed by atoms with E-state index in [1.54, 1.807) is 4.90 Å². The highest BCUT2D eigenvalue weighted by Crippen LogP contribution is 2.15. The Kier molecular flexibility index (Phi) is 5.33. The molecule has 5 heteroatoms. The van der Waals surface area contributed by atoms with E-state index in [-0.39, 0.29) is 5.91 Å². The number of esters is 1. The Bertz CT molecular complexity index is 492. The van der Waals surface area contributed by atoms with Crippen LogP contribution in [0.2, 0.25) is 0 Å². The van der Waals surface area contributed by atoms with Crippen LogP contribution in [0.1, 0.15) is 11.1 Å². The maximum atomic E-state index is 12.5. The van der Waals surface area contributed by atoms with E-state index in [2.05, 4.69) is 0 Å². The molecule has 1 aliphatic rings. The number of carbonyl (C=O) groups is 2. The Hall–Kier alpha value is -1.88. The van der Waals surface area contributed by atoms with Gasteiger partial charge in [0.15, 0.2) is 0 Å². The summed E-state index contributed by atoms with van der Waals surface area (Å²) < 4.78 is 10.0. The molecule has 1 unspecified atom stereocenters. The predicted molar refractivity (Wildman–Crippen MR) is 77.8 cm³/mol. The molecular formula is C16H21NO4. The van der Waals surface area contributed by atoms with Gasteiger partial charge in [0, 0.05) is 13.1 Å². The molecule has 1 heterocycles. The zero-order valence-electron chi connectivity index (χ0n) is 12.5. The van der Waals surface area contributed by atoms with E-state index in [1.807, 2.05) is 31.2 Å². The minimum atomic E-state index is -0.782. The highest BCUT2D eigenvalue weighted by Gasteiger charge is 2.32. The Morgan fingerprint density at radius 1 is 1.24 bits per heavy atom. The summed E-state index contributed by atoms with van der Waals surface area (Å²) in [5.41, 5.74) is 2.10. The van der Waals surface area contributed by atoms with E-state index >= 15 is 0 Å². The molecule has 1 amide bonds. The van der Waals surface area contributed by atoms with Crippen LogP contribution in [0.15, 0.2) is 24.3 Å². The second-order valence-electron chi connectivity index (χ2n) is 5.20. The molecule has 1 saturated heterocycles. The van der Waals surface area contributed by atoms with E-state index in [9.17, 15) is 9.59 Å².